The van der Waals surface area contributed by atoms with Crippen LogP contribution in [0.15, 0.2) is 42.9 Å². The largest absolute Gasteiger partial charge is 0.342 e. The van der Waals surface area contributed by atoms with Gasteiger partial charge in [-0.2, -0.15) is 4.98 Å². The number of nitrogens with zero attached hydrogens (tertiary/aromatic N) is 8. The lowest BCUT2D eigenvalue weighted by atomic mass is 10.1. The molecule has 0 bridgehead atoms. The van der Waals surface area contributed by atoms with Gasteiger partial charge < -0.3 is 4.90 Å². The Morgan fingerprint density at radius 1 is 1.29 bits per heavy atom. The molecule has 0 radical (unpaired) electrons. The van der Waals surface area contributed by atoms with Crippen molar-refractivity contribution in [2.75, 3.05) is 4.90 Å². The predicted molar refractivity (Wildman–Crippen MR) is 115 cm³/mol. The third kappa shape index (κ3) is 2.99. The molecule has 1 aromatic carbocycles. The van der Waals surface area contributed by atoms with Crippen LogP contribution in [0.5, 0.6) is 0 Å². The van der Waals surface area contributed by atoms with Crippen molar-refractivity contribution >= 4 is 5.82 Å². The first-order valence-corrected chi connectivity index (χ1v) is 9.10. The lowest BCUT2D eigenvalue weighted by molar-refractivity contribution is 0.496. The van der Waals surface area contributed by atoms with Crippen molar-refractivity contribution in [1.29, 1.82) is 0 Å². The summed E-state index contributed by atoms with van der Waals surface area (Å²) in [5.74, 6) is -1.62. The number of anilines is 1. The van der Waals surface area contributed by atoms with Crippen molar-refractivity contribution in [1.82, 2.24) is 34.3 Å². The molecule has 5 rings (SSSR count). The number of hydrogen-bond acceptors (Lipinski definition) is 6. The molecule has 0 saturated carbocycles. The average Bonchev–Trinajstić information content (AvgIpc) is 3.52. The van der Waals surface area contributed by atoms with Gasteiger partial charge in [0.25, 0.3) is 0 Å². The van der Waals surface area contributed by atoms with Gasteiger partial charge in [-0.15, -0.1) is 10.2 Å². The Bertz CT molecular complexity index is 1680. The van der Waals surface area contributed by atoms with Crippen LogP contribution in [0, 0.1) is 12.7 Å². The summed E-state index contributed by atoms with van der Waals surface area (Å²) in [7, 11) is 0. The highest BCUT2D eigenvalue weighted by Crippen LogP contribution is 2.40. The fourth-order valence-electron chi connectivity index (χ4n) is 3.57. The molecule has 158 valence electrons. The monoisotopic (exact) mass is 430 g/mol. The Morgan fingerprint density at radius 3 is 3.00 bits per heavy atom. The third-order valence-corrected chi connectivity index (χ3v) is 4.88. The number of hydrogen-bond donors (Lipinski definition) is 0. The van der Waals surface area contributed by atoms with E-state index in [2.05, 4.69) is 25.1 Å². The van der Waals surface area contributed by atoms with E-state index in [1.54, 1.807) is 6.07 Å². The van der Waals surface area contributed by atoms with Crippen LogP contribution >= 0.6 is 0 Å². The van der Waals surface area contributed by atoms with Crippen LogP contribution in [0.4, 0.5) is 10.2 Å². The maximum atomic E-state index is 14.0. The van der Waals surface area contributed by atoms with Crippen LogP contribution in [0.2, 0.25) is 0 Å². The lowest BCUT2D eigenvalue weighted by Crippen LogP contribution is -2.40. The van der Waals surface area contributed by atoms with Crippen molar-refractivity contribution in [3.63, 3.8) is 0 Å². The number of benzene rings is 1. The standard InChI is InChI=1S/C22H23FN8/c1-5-17-21-28-27-14(4)31(21)18-12-25-22(26-20(18)30(17)13(2)3)29-10-9-24-19(29)15-7-6-8-16(23)11-15/h6-13,17H,5H2,1-4H3/t17-/m1/s1/i1D3,2D3,3D3,5D2,13D. The van der Waals surface area contributed by atoms with Gasteiger partial charge >= 0.3 is 0 Å². The quantitative estimate of drug-likeness (QED) is 0.486. The molecule has 0 amide bonds. The van der Waals surface area contributed by atoms with Gasteiger partial charge in [-0.1, -0.05) is 19.0 Å². The molecule has 1 aliphatic heterocycles. The molecule has 1 aliphatic rings. The van der Waals surface area contributed by atoms with E-state index < -0.39 is 56.4 Å². The van der Waals surface area contributed by atoms with Gasteiger partial charge in [-0.25, -0.2) is 14.4 Å². The summed E-state index contributed by atoms with van der Waals surface area (Å²) in [6, 6.07) is -0.555. The van der Waals surface area contributed by atoms with Gasteiger partial charge in [0.15, 0.2) is 11.6 Å². The number of rotatable bonds is 4. The molecule has 0 aliphatic carbocycles. The predicted octanol–water partition coefficient (Wildman–Crippen LogP) is 4.04. The topological polar surface area (TPSA) is 77.5 Å². The summed E-state index contributed by atoms with van der Waals surface area (Å²) in [6.07, 6.45) is 0.502. The minimum absolute atomic E-state index is 0.0972. The first-order chi connectivity index (χ1) is 19.7. The van der Waals surface area contributed by atoms with Gasteiger partial charge in [0.1, 0.15) is 23.2 Å². The molecule has 1 atom stereocenters. The second-order valence-electron chi connectivity index (χ2n) is 6.72. The van der Waals surface area contributed by atoms with Crippen LogP contribution in [-0.2, 0) is 0 Å². The number of imidazole rings is 1. The summed E-state index contributed by atoms with van der Waals surface area (Å²) in [6.45, 7) is -9.37. The zero-order valence-electron chi connectivity index (χ0n) is 28.1. The highest BCUT2D eigenvalue weighted by molar-refractivity contribution is 5.64. The van der Waals surface area contributed by atoms with E-state index in [1.807, 2.05) is 0 Å². The highest BCUT2D eigenvalue weighted by atomic mass is 19.1. The first kappa shape index (κ1) is 10.1. The van der Waals surface area contributed by atoms with Crippen molar-refractivity contribution < 1.29 is 20.8 Å². The molecule has 4 aromatic rings. The SMILES string of the molecule is [2H]C([2H])([2H])C([2H])([2H])[C@@H]1c2nnc(C)n2-c2cnc(-n3ccnc3-c3cccc(F)c3)nc2N1C([2H])(C([2H])([2H])[2H])C([2H])([2H])[2H]. The van der Waals surface area contributed by atoms with E-state index >= 15 is 0 Å². The van der Waals surface area contributed by atoms with E-state index in [4.69, 9.17) is 16.4 Å². The van der Waals surface area contributed by atoms with Crippen molar-refractivity contribution in [2.45, 2.75) is 45.9 Å². The maximum Gasteiger partial charge on any atom is 0.237 e. The Hall–Kier alpha value is -3.62. The second kappa shape index (κ2) is 7.26. The van der Waals surface area contributed by atoms with Gasteiger partial charge in [0.05, 0.1) is 13.6 Å². The Kier molecular flexibility index (Phi) is 2.37. The number of fused-ring (bicyclic) bond motifs is 3. The molecule has 4 heterocycles. The Labute approximate surface area is 196 Å². The normalized spacial score (nSPS) is 23.0. The summed E-state index contributed by atoms with van der Waals surface area (Å²) in [5.41, 5.74) is 0.174. The van der Waals surface area contributed by atoms with Crippen LogP contribution < -0.4 is 4.90 Å². The van der Waals surface area contributed by atoms with Gasteiger partial charge in [0.2, 0.25) is 5.95 Å². The highest BCUT2D eigenvalue weighted by Gasteiger charge is 2.36. The minimum atomic E-state index is -3.68. The first-order valence-electron chi connectivity index (χ1n) is 15.1. The molecule has 0 spiro atoms. The van der Waals surface area contributed by atoms with Crippen LogP contribution in [0.1, 0.15) is 61.1 Å². The van der Waals surface area contributed by atoms with E-state index in [9.17, 15) is 4.39 Å². The zero-order chi connectivity index (χ0) is 31.9. The summed E-state index contributed by atoms with van der Waals surface area (Å²) in [4.78, 5) is 13.3. The van der Waals surface area contributed by atoms with Crippen molar-refractivity contribution in [3.8, 4) is 23.0 Å². The minimum Gasteiger partial charge on any atom is -0.342 e. The summed E-state index contributed by atoms with van der Waals surface area (Å²) < 4.78 is 116. The van der Waals surface area contributed by atoms with Crippen molar-refractivity contribution in [2.24, 2.45) is 0 Å². The van der Waals surface area contributed by atoms with Gasteiger partial charge in [-0.05, 0) is 39.1 Å². The number of halogens is 1. The molecule has 0 saturated heterocycles. The van der Waals surface area contributed by atoms with E-state index in [0.717, 1.165) is 6.20 Å². The van der Waals surface area contributed by atoms with E-state index in [-0.39, 0.29) is 23.3 Å². The maximum absolute atomic E-state index is 14.0. The Morgan fingerprint density at radius 2 is 2.19 bits per heavy atom. The Balaban J connectivity index is 1.88. The fourth-order valence-corrected chi connectivity index (χ4v) is 3.57. The molecular weight excluding hydrogens is 395 g/mol. The van der Waals surface area contributed by atoms with Gasteiger partial charge in [-0.3, -0.25) is 9.13 Å². The molecular formula is C22H23FN8. The summed E-state index contributed by atoms with van der Waals surface area (Å²) >= 11 is 0. The molecule has 31 heavy (non-hydrogen) atoms. The molecule has 0 unspecified atom stereocenters. The lowest BCUT2D eigenvalue weighted by Gasteiger charge is -2.39. The zero-order valence-corrected chi connectivity index (χ0v) is 16.1. The van der Waals surface area contributed by atoms with E-state index in [0.29, 0.717) is 10.5 Å². The number of aromatic nitrogens is 7. The molecule has 9 heteroatoms. The molecule has 3 aromatic heterocycles. The third-order valence-electron chi connectivity index (χ3n) is 4.88. The fraction of sp³-hybridized carbons (Fsp3) is 0.318. The van der Waals surface area contributed by atoms with Crippen LogP contribution in [0.3, 0.4) is 0 Å². The molecule has 0 N–H and O–H groups in total. The van der Waals surface area contributed by atoms with Crippen molar-refractivity contribution in [3.05, 3.63) is 60.3 Å². The van der Waals surface area contributed by atoms with Gasteiger partial charge in [0, 0.05) is 39.1 Å². The number of aryl methyl sites for hydroxylation is 1. The van der Waals surface area contributed by atoms with E-state index in [1.165, 1.54) is 46.7 Å². The van der Waals surface area contributed by atoms with Crippen LogP contribution in [0.25, 0.3) is 23.0 Å². The molecule has 8 nitrogen and oxygen atoms in total. The average molecular weight is 431 g/mol. The van der Waals surface area contributed by atoms with Crippen LogP contribution in [-0.4, -0.2) is 40.3 Å². The summed E-state index contributed by atoms with van der Waals surface area (Å²) in [5, 5.41) is 7.81. The smallest absolute Gasteiger partial charge is 0.237 e. The second-order valence-corrected chi connectivity index (χ2v) is 6.72. The molecule has 0 fully saturated rings.